The van der Waals surface area contributed by atoms with Crippen LogP contribution in [0.4, 0.5) is 0 Å². The zero-order chi connectivity index (χ0) is 9.26. The summed E-state index contributed by atoms with van der Waals surface area (Å²) >= 11 is 0. The molecule has 0 aliphatic rings. The summed E-state index contributed by atoms with van der Waals surface area (Å²) in [4.78, 5) is 9.27. The molecule has 0 radical (unpaired) electrons. The predicted molar refractivity (Wildman–Crippen MR) is 48.2 cm³/mol. The summed E-state index contributed by atoms with van der Waals surface area (Å²) in [5.74, 6) is 0.517. The molecular weight excluding hydrogens is 168 g/mol. The van der Waals surface area contributed by atoms with Crippen LogP contribution in [0, 0.1) is 0 Å². The van der Waals surface area contributed by atoms with Gasteiger partial charge >= 0.3 is 0 Å². The van der Waals surface area contributed by atoms with Gasteiger partial charge in [0.1, 0.15) is 19.2 Å². The maximum atomic E-state index is 8.99. The molecule has 2 aromatic rings. The lowest BCUT2D eigenvalue weighted by Gasteiger charge is -2.03. The zero-order valence-corrected chi connectivity index (χ0v) is 7.27. The molecule has 68 valence electrons. The van der Waals surface area contributed by atoms with Crippen molar-refractivity contribution in [3.8, 4) is 0 Å². The monoisotopic (exact) mass is 178 g/mol. The number of para-hydroxylation sites is 2. The molecule has 1 aromatic carbocycles. The normalized spacial score (nSPS) is 10.6. The third kappa shape index (κ3) is 1.15. The number of aromatic nitrogens is 2. The molecule has 0 amide bonds. The molecule has 13 heavy (non-hydrogen) atoms. The fourth-order valence-electron chi connectivity index (χ4n) is 1.36. The number of aliphatic hydroxyl groups excluding tert-OH is 1. The van der Waals surface area contributed by atoms with Crippen molar-refractivity contribution in [1.82, 2.24) is 9.71 Å². The van der Waals surface area contributed by atoms with Crippen LogP contribution in [0.3, 0.4) is 0 Å². The Kier molecular flexibility index (Phi) is 1.90. The van der Waals surface area contributed by atoms with Crippen molar-refractivity contribution in [3.63, 3.8) is 0 Å². The van der Waals surface area contributed by atoms with E-state index in [0.717, 1.165) is 11.0 Å². The van der Waals surface area contributed by atoms with E-state index in [-0.39, 0.29) is 6.61 Å². The Balaban J connectivity index is 2.73. The van der Waals surface area contributed by atoms with E-state index in [0.29, 0.717) is 5.82 Å². The Morgan fingerprint density at radius 1 is 1.46 bits per heavy atom. The second kappa shape index (κ2) is 3.06. The molecule has 0 bridgehead atoms. The number of imidazole rings is 1. The Morgan fingerprint density at radius 3 is 2.92 bits per heavy atom. The van der Waals surface area contributed by atoms with Crippen LogP contribution < -0.4 is 4.84 Å². The van der Waals surface area contributed by atoms with Gasteiger partial charge in [0, 0.05) is 0 Å². The molecule has 1 aromatic heterocycles. The predicted octanol–water partition coefficient (Wildman–Crippen LogP) is 0.587. The zero-order valence-electron chi connectivity index (χ0n) is 7.27. The Morgan fingerprint density at radius 2 is 2.23 bits per heavy atom. The van der Waals surface area contributed by atoms with Gasteiger partial charge in [-0.25, -0.2) is 4.98 Å². The highest BCUT2D eigenvalue weighted by molar-refractivity contribution is 5.75. The average Bonchev–Trinajstić information content (AvgIpc) is 2.55. The van der Waals surface area contributed by atoms with Crippen molar-refractivity contribution in [2.24, 2.45) is 0 Å². The van der Waals surface area contributed by atoms with E-state index in [9.17, 15) is 0 Å². The van der Waals surface area contributed by atoms with Crippen LogP contribution in [-0.2, 0) is 6.61 Å². The summed E-state index contributed by atoms with van der Waals surface area (Å²) in [6.07, 6.45) is 0. The number of aliphatic hydroxyl groups is 1. The van der Waals surface area contributed by atoms with Gasteiger partial charge in [-0.1, -0.05) is 12.1 Å². The highest BCUT2D eigenvalue weighted by Crippen LogP contribution is 2.13. The number of nitrogens with zero attached hydrogens (tertiary/aromatic N) is 2. The first kappa shape index (κ1) is 8.07. The van der Waals surface area contributed by atoms with E-state index in [1.54, 1.807) is 7.11 Å². The second-order valence-electron chi connectivity index (χ2n) is 2.65. The van der Waals surface area contributed by atoms with Gasteiger partial charge in [-0.15, -0.1) is 0 Å². The molecule has 1 heterocycles. The summed E-state index contributed by atoms with van der Waals surface area (Å²) < 4.78 is 1.52. The van der Waals surface area contributed by atoms with Gasteiger partial charge in [-0.2, -0.15) is 4.73 Å². The molecule has 2 rings (SSSR count). The number of hydrogen-bond donors (Lipinski definition) is 1. The largest absolute Gasteiger partial charge is 0.415 e. The average molecular weight is 178 g/mol. The van der Waals surface area contributed by atoms with Crippen LogP contribution in [0.2, 0.25) is 0 Å². The van der Waals surface area contributed by atoms with Gasteiger partial charge in [0.05, 0.1) is 5.52 Å². The van der Waals surface area contributed by atoms with Crippen LogP contribution in [0.15, 0.2) is 24.3 Å². The number of fused-ring (bicyclic) bond motifs is 1. The molecule has 4 nitrogen and oxygen atoms in total. The van der Waals surface area contributed by atoms with Crippen LogP contribution in [-0.4, -0.2) is 21.9 Å². The summed E-state index contributed by atoms with van der Waals surface area (Å²) in [7, 11) is 1.55. The molecule has 0 unspecified atom stereocenters. The summed E-state index contributed by atoms with van der Waals surface area (Å²) in [6.45, 7) is -0.123. The first-order valence-electron chi connectivity index (χ1n) is 3.98. The van der Waals surface area contributed by atoms with Gasteiger partial charge in [0.15, 0.2) is 5.82 Å². The van der Waals surface area contributed by atoms with Gasteiger partial charge in [0.25, 0.3) is 0 Å². The number of hydrogen-bond acceptors (Lipinski definition) is 3. The Bertz CT molecular complexity index is 422. The maximum Gasteiger partial charge on any atom is 0.171 e. The molecule has 0 fully saturated rings. The van der Waals surface area contributed by atoms with E-state index in [2.05, 4.69) is 4.98 Å². The van der Waals surface area contributed by atoms with Gasteiger partial charge in [0.2, 0.25) is 0 Å². The fourth-order valence-corrected chi connectivity index (χ4v) is 1.36. The van der Waals surface area contributed by atoms with E-state index in [4.69, 9.17) is 9.94 Å². The summed E-state index contributed by atoms with van der Waals surface area (Å²) in [6, 6.07) is 7.58. The van der Waals surface area contributed by atoms with Crippen molar-refractivity contribution in [2.75, 3.05) is 7.11 Å². The minimum atomic E-state index is -0.123. The lowest BCUT2D eigenvalue weighted by molar-refractivity contribution is 0.147. The Labute approximate surface area is 75.3 Å². The molecule has 0 atom stereocenters. The van der Waals surface area contributed by atoms with Crippen LogP contribution in [0.1, 0.15) is 5.82 Å². The first-order valence-corrected chi connectivity index (χ1v) is 3.98. The van der Waals surface area contributed by atoms with Crippen molar-refractivity contribution in [3.05, 3.63) is 30.1 Å². The minimum Gasteiger partial charge on any atom is -0.415 e. The summed E-state index contributed by atoms with van der Waals surface area (Å²) in [5, 5.41) is 8.99. The highest BCUT2D eigenvalue weighted by Gasteiger charge is 2.08. The van der Waals surface area contributed by atoms with Crippen molar-refractivity contribution >= 4 is 11.0 Å². The molecule has 0 aliphatic carbocycles. The fraction of sp³-hybridized carbons (Fsp3) is 0.222. The first-order chi connectivity index (χ1) is 6.36. The van der Waals surface area contributed by atoms with Gasteiger partial charge < -0.3 is 9.94 Å². The van der Waals surface area contributed by atoms with Crippen molar-refractivity contribution in [2.45, 2.75) is 6.61 Å². The van der Waals surface area contributed by atoms with Gasteiger partial charge in [-0.3, -0.25) is 0 Å². The molecule has 4 heteroatoms. The SMILES string of the molecule is COn1c(CO)nc2ccccc21. The molecular formula is C9H10N2O2. The third-order valence-corrected chi connectivity index (χ3v) is 1.91. The lowest BCUT2D eigenvalue weighted by atomic mass is 10.3. The summed E-state index contributed by atoms with van der Waals surface area (Å²) in [5.41, 5.74) is 1.70. The second-order valence-corrected chi connectivity index (χ2v) is 2.65. The van der Waals surface area contributed by atoms with Crippen molar-refractivity contribution < 1.29 is 9.94 Å². The van der Waals surface area contributed by atoms with E-state index >= 15 is 0 Å². The van der Waals surface area contributed by atoms with Crippen LogP contribution >= 0.6 is 0 Å². The van der Waals surface area contributed by atoms with Crippen LogP contribution in [0.5, 0.6) is 0 Å². The number of rotatable bonds is 2. The van der Waals surface area contributed by atoms with E-state index in [1.165, 1.54) is 4.73 Å². The smallest absolute Gasteiger partial charge is 0.171 e. The number of benzene rings is 1. The maximum absolute atomic E-state index is 8.99. The third-order valence-electron chi connectivity index (χ3n) is 1.91. The topological polar surface area (TPSA) is 47.3 Å². The van der Waals surface area contributed by atoms with Gasteiger partial charge in [-0.05, 0) is 12.1 Å². The molecule has 1 N–H and O–H groups in total. The van der Waals surface area contributed by atoms with E-state index in [1.807, 2.05) is 24.3 Å². The molecule has 0 aliphatic heterocycles. The molecule has 0 spiro atoms. The van der Waals surface area contributed by atoms with Crippen LogP contribution in [0.25, 0.3) is 11.0 Å². The highest BCUT2D eigenvalue weighted by atomic mass is 16.6. The standard InChI is InChI=1S/C9H10N2O2/c1-13-11-8-5-3-2-4-7(8)10-9(11)6-12/h2-5,12H,6H2,1H3. The minimum absolute atomic E-state index is 0.123. The molecule has 0 saturated heterocycles. The molecule has 0 saturated carbocycles. The van der Waals surface area contributed by atoms with E-state index < -0.39 is 0 Å². The lowest BCUT2D eigenvalue weighted by Crippen LogP contribution is -2.09. The Hall–Kier alpha value is -1.55. The van der Waals surface area contributed by atoms with Crippen molar-refractivity contribution in [1.29, 1.82) is 0 Å². The quantitative estimate of drug-likeness (QED) is 0.732.